The van der Waals surface area contributed by atoms with Crippen molar-refractivity contribution in [2.24, 2.45) is 0 Å². The summed E-state index contributed by atoms with van der Waals surface area (Å²) in [6.45, 7) is 0. The molecule has 1 rings (SSSR count). The summed E-state index contributed by atoms with van der Waals surface area (Å²) in [5, 5.41) is 0. The second-order valence-electron chi connectivity index (χ2n) is 2.45. The molecule has 0 aliphatic carbocycles. The van der Waals surface area contributed by atoms with Crippen LogP contribution in [0.15, 0.2) is 36.5 Å². The van der Waals surface area contributed by atoms with Crippen molar-refractivity contribution in [2.75, 3.05) is 0 Å². The molecule has 0 amide bonds. The van der Waals surface area contributed by atoms with E-state index in [9.17, 15) is 4.79 Å². The van der Waals surface area contributed by atoms with E-state index in [0.29, 0.717) is 5.69 Å². The maximum atomic E-state index is 11.4. The van der Waals surface area contributed by atoms with Gasteiger partial charge in [-0.15, -0.1) is 0 Å². The van der Waals surface area contributed by atoms with Gasteiger partial charge in [-0.25, -0.2) is 0 Å². The summed E-state index contributed by atoms with van der Waals surface area (Å²) in [5.74, 6) is -0.295. The predicted molar refractivity (Wildman–Crippen MR) is 58.0 cm³/mol. The molecular weight excluding hydrogens is 244 g/mol. The van der Waals surface area contributed by atoms with Gasteiger partial charge in [-0.3, -0.25) is 9.78 Å². The van der Waals surface area contributed by atoms with Crippen LogP contribution in [0.5, 0.6) is 0 Å². The SMILES string of the molecule is O=C(C=CC(Cl)(Cl)Cl)c1ccccn1. The number of halogens is 3. The first-order valence-electron chi connectivity index (χ1n) is 3.70. The third-order valence-corrected chi connectivity index (χ3v) is 1.72. The first-order valence-corrected chi connectivity index (χ1v) is 4.84. The molecule has 0 bridgehead atoms. The Kier molecular flexibility index (Phi) is 3.93. The van der Waals surface area contributed by atoms with Gasteiger partial charge in [-0.2, -0.15) is 0 Å². The van der Waals surface area contributed by atoms with E-state index in [4.69, 9.17) is 34.8 Å². The molecule has 1 aromatic rings. The first-order chi connectivity index (χ1) is 6.49. The normalized spacial score (nSPS) is 11.9. The van der Waals surface area contributed by atoms with Crippen LogP contribution in [0.1, 0.15) is 10.5 Å². The topological polar surface area (TPSA) is 30.0 Å². The molecule has 0 aliphatic heterocycles. The van der Waals surface area contributed by atoms with E-state index in [0.717, 1.165) is 0 Å². The average Bonchev–Trinajstić information content (AvgIpc) is 2.14. The molecule has 0 fully saturated rings. The summed E-state index contributed by atoms with van der Waals surface area (Å²) in [6, 6.07) is 5.02. The van der Waals surface area contributed by atoms with Gasteiger partial charge in [-0.1, -0.05) is 40.9 Å². The molecule has 0 atom stereocenters. The Morgan fingerprint density at radius 3 is 2.57 bits per heavy atom. The first kappa shape index (κ1) is 11.5. The van der Waals surface area contributed by atoms with Gasteiger partial charge in [0.2, 0.25) is 9.58 Å². The zero-order valence-corrected chi connectivity index (χ0v) is 9.22. The summed E-state index contributed by atoms with van der Waals surface area (Å²) in [7, 11) is 0. The molecule has 0 aliphatic rings. The molecule has 5 heteroatoms. The predicted octanol–water partition coefficient (Wildman–Crippen LogP) is 3.19. The van der Waals surface area contributed by atoms with Crippen molar-refractivity contribution >= 4 is 40.6 Å². The second kappa shape index (κ2) is 4.78. The van der Waals surface area contributed by atoms with Crippen molar-refractivity contribution < 1.29 is 4.79 Å². The number of pyridine rings is 1. The fourth-order valence-electron chi connectivity index (χ4n) is 0.764. The van der Waals surface area contributed by atoms with Crippen molar-refractivity contribution in [3.63, 3.8) is 0 Å². The number of ketones is 1. The lowest BCUT2D eigenvalue weighted by Gasteiger charge is -2.01. The zero-order chi connectivity index (χ0) is 10.6. The van der Waals surface area contributed by atoms with E-state index in [1.165, 1.54) is 18.3 Å². The van der Waals surface area contributed by atoms with Crippen LogP contribution in [0.2, 0.25) is 0 Å². The van der Waals surface area contributed by atoms with E-state index in [-0.39, 0.29) is 5.78 Å². The highest BCUT2D eigenvalue weighted by molar-refractivity contribution is 6.69. The van der Waals surface area contributed by atoms with Crippen LogP contribution in [0.3, 0.4) is 0 Å². The monoisotopic (exact) mass is 249 g/mol. The Labute approximate surface area is 96.5 Å². The van der Waals surface area contributed by atoms with Crippen LogP contribution >= 0.6 is 34.8 Å². The number of carbonyl (C=O) groups is 1. The van der Waals surface area contributed by atoms with E-state index < -0.39 is 3.79 Å². The van der Waals surface area contributed by atoms with Gasteiger partial charge in [0, 0.05) is 6.20 Å². The van der Waals surface area contributed by atoms with Crippen molar-refractivity contribution in [3.05, 3.63) is 42.2 Å². The lowest BCUT2D eigenvalue weighted by Crippen LogP contribution is -2.01. The van der Waals surface area contributed by atoms with Crippen molar-refractivity contribution in [1.29, 1.82) is 0 Å². The lowest BCUT2D eigenvalue weighted by molar-refractivity contribution is 0.104. The van der Waals surface area contributed by atoms with Crippen LogP contribution in [0.25, 0.3) is 0 Å². The highest BCUT2D eigenvalue weighted by Gasteiger charge is 2.15. The van der Waals surface area contributed by atoms with Crippen molar-refractivity contribution in [2.45, 2.75) is 3.79 Å². The number of hydrogen-bond acceptors (Lipinski definition) is 2. The van der Waals surface area contributed by atoms with Gasteiger partial charge in [0.05, 0.1) is 0 Å². The quantitative estimate of drug-likeness (QED) is 0.458. The summed E-state index contributed by atoms with van der Waals surface area (Å²) < 4.78 is -1.55. The Hall–Kier alpha value is -0.570. The number of carbonyl (C=O) groups excluding carboxylic acids is 1. The molecule has 74 valence electrons. The Morgan fingerprint density at radius 2 is 2.07 bits per heavy atom. The number of nitrogens with zero attached hydrogens (tertiary/aromatic N) is 1. The van der Waals surface area contributed by atoms with Crippen LogP contribution in [0.4, 0.5) is 0 Å². The molecule has 0 saturated heterocycles. The minimum absolute atomic E-state index is 0.295. The lowest BCUT2D eigenvalue weighted by atomic mass is 10.2. The Morgan fingerprint density at radius 1 is 1.36 bits per heavy atom. The summed E-state index contributed by atoms with van der Waals surface area (Å²) in [4.78, 5) is 15.2. The minimum atomic E-state index is -1.55. The molecule has 2 nitrogen and oxygen atoms in total. The zero-order valence-electron chi connectivity index (χ0n) is 6.95. The highest BCUT2D eigenvalue weighted by Crippen LogP contribution is 2.27. The molecule has 14 heavy (non-hydrogen) atoms. The summed E-state index contributed by atoms with van der Waals surface area (Å²) >= 11 is 16.3. The third-order valence-electron chi connectivity index (χ3n) is 1.34. The summed E-state index contributed by atoms with van der Waals surface area (Å²) in [6.07, 6.45) is 3.90. The van der Waals surface area contributed by atoms with E-state index >= 15 is 0 Å². The Balaban J connectivity index is 2.74. The maximum absolute atomic E-state index is 11.4. The molecule has 0 radical (unpaired) electrons. The van der Waals surface area contributed by atoms with Gasteiger partial charge in [-0.05, 0) is 24.3 Å². The smallest absolute Gasteiger partial charge is 0.209 e. The third kappa shape index (κ3) is 4.09. The number of aromatic nitrogens is 1. The largest absolute Gasteiger partial charge is 0.288 e. The van der Waals surface area contributed by atoms with Crippen LogP contribution in [-0.2, 0) is 0 Å². The standard InChI is InChI=1S/C9H6Cl3NO/c10-9(11,12)5-4-8(14)7-3-1-2-6-13-7/h1-6H. The van der Waals surface area contributed by atoms with Crippen LogP contribution < -0.4 is 0 Å². The average molecular weight is 251 g/mol. The molecule has 1 heterocycles. The van der Waals surface area contributed by atoms with Gasteiger partial charge in [0.25, 0.3) is 0 Å². The molecule has 0 aromatic carbocycles. The number of allylic oxidation sites excluding steroid dienone is 2. The molecule has 1 aromatic heterocycles. The van der Waals surface area contributed by atoms with Gasteiger partial charge >= 0.3 is 0 Å². The van der Waals surface area contributed by atoms with Gasteiger partial charge < -0.3 is 0 Å². The molecular formula is C9H6Cl3NO. The number of hydrogen-bond donors (Lipinski definition) is 0. The van der Waals surface area contributed by atoms with Crippen LogP contribution in [-0.4, -0.2) is 14.6 Å². The van der Waals surface area contributed by atoms with E-state index in [1.807, 2.05) is 0 Å². The fraction of sp³-hybridized carbons (Fsp3) is 0.111. The molecule has 0 unspecified atom stereocenters. The molecule has 0 saturated carbocycles. The summed E-state index contributed by atoms with van der Waals surface area (Å²) in [5.41, 5.74) is 0.318. The highest BCUT2D eigenvalue weighted by atomic mass is 35.6. The minimum Gasteiger partial charge on any atom is -0.288 e. The fourth-order valence-corrected chi connectivity index (χ4v) is 0.953. The van der Waals surface area contributed by atoms with Gasteiger partial charge in [0.15, 0.2) is 0 Å². The number of alkyl halides is 3. The molecule has 0 N–H and O–H groups in total. The van der Waals surface area contributed by atoms with Crippen molar-refractivity contribution in [3.8, 4) is 0 Å². The van der Waals surface area contributed by atoms with Crippen molar-refractivity contribution in [1.82, 2.24) is 4.98 Å². The van der Waals surface area contributed by atoms with E-state index in [1.54, 1.807) is 18.2 Å². The molecule has 0 spiro atoms. The van der Waals surface area contributed by atoms with E-state index in [2.05, 4.69) is 4.98 Å². The maximum Gasteiger partial charge on any atom is 0.209 e. The van der Waals surface area contributed by atoms with Crippen LogP contribution in [0, 0.1) is 0 Å². The Bertz CT molecular complexity index is 343. The van der Waals surface area contributed by atoms with Gasteiger partial charge in [0.1, 0.15) is 5.69 Å². The second-order valence-corrected chi connectivity index (χ2v) is 4.82. The number of rotatable bonds is 2.